The molecular weight excluding hydrogens is 702 g/mol. The summed E-state index contributed by atoms with van der Waals surface area (Å²) in [5.41, 5.74) is -5.22. The molecule has 0 saturated carbocycles. The minimum absolute atomic E-state index is 0.00544. The molecule has 1 saturated heterocycles. The number of carbonyl (C=O) groups excluding carboxylic acids is 1. The number of amides is 1. The van der Waals surface area contributed by atoms with E-state index in [1.54, 1.807) is 32.9 Å². The van der Waals surface area contributed by atoms with E-state index in [4.69, 9.17) is 0 Å². The molecule has 1 amide bonds. The Labute approximate surface area is 295 Å². The lowest BCUT2D eigenvalue weighted by Crippen LogP contribution is -2.41. The zero-order valence-corrected chi connectivity index (χ0v) is 29.4. The highest BCUT2D eigenvalue weighted by Gasteiger charge is 2.41. The molecular formula is C37H41F8N3O4. The normalized spacial score (nSPS) is 15.0. The number of aliphatic carboxylic acids is 1. The van der Waals surface area contributed by atoms with Gasteiger partial charge in [-0.2, -0.15) is 26.3 Å². The van der Waals surface area contributed by atoms with Crippen LogP contribution in [-0.2, 0) is 28.4 Å². The van der Waals surface area contributed by atoms with Gasteiger partial charge in [0.05, 0.1) is 23.6 Å². The summed E-state index contributed by atoms with van der Waals surface area (Å²) >= 11 is 0. The topological polar surface area (TPSA) is 91.6 Å². The number of rotatable bonds is 13. The highest BCUT2D eigenvalue weighted by atomic mass is 19.4. The summed E-state index contributed by atoms with van der Waals surface area (Å²) in [7, 11) is 0. The Kier molecular flexibility index (Phi) is 12.3. The summed E-state index contributed by atoms with van der Waals surface area (Å²) in [5.74, 6) is -7.04. The Balaban J connectivity index is 1.86. The maximum Gasteiger partial charge on any atom is 0.419 e. The van der Waals surface area contributed by atoms with Gasteiger partial charge in [0.15, 0.2) is 0 Å². The van der Waals surface area contributed by atoms with Gasteiger partial charge in [-0.1, -0.05) is 31.5 Å². The van der Waals surface area contributed by atoms with E-state index in [9.17, 15) is 45.8 Å². The molecule has 0 aliphatic carbocycles. The number of pyridine rings is 1. The molecule has 2 aromatic carbocycles. The highest BCUT2D eigenvalue weighted by molar-refractivity contribution is 5.82. The molecule has 7 nitrogen and oxygen atoms in total. The largest absolute Gasteiger partial charge is 0.481 e. The number of aryl methyl sites for hydroxylation is 4. The number of carbonyl (C=O) groups is 2. The van der Waals surface area contributed by atoms with E-state index in [1.807, 2.05) is 4.90 Å². The third-order valence-corrected chi connectivity index (χ3v) is 9.20. The van der Waals surface area contributed by atoms with Gasteiger partial charge in [-0.25, -0.2) is 8.78 Å². The fourth-order valence-corrected chi connectivity index (χ4v) is 6.81. The third kappa shape index (κ3) is 9.20. The van der Waals surface area contributed by atoms with E-state index >= 15 is 8.78 Å². The van der Waals surface area contributed by atoms with Crippen molar-refractivity contribution in [2.75, 3.05) is 19.6 Å². The quantitative estimate of drug-likeness (QED) is 0.172. The number of aromatic nitrogens is 1. The van der Waals surface area contributed by atoms with Gasteiger partial charge in [-0.05, 0) is 100 Å². The molecule has 2 heterocycles. The zero-order valence-electron chi connectivity index (χ0n) is 29.4. The fraction of sp³-hybridized carbons (Fsp3) is 0.486. The first kappa shape index (κ1) is 40.5. The Hall–Kier alpha value is -4.27. The summed E-state index contributed by atoms with van der Waals surface area (Å²) in [6, 6.07) is -0.0473. The first-order valence-corrected chi connectivity index (χ1v) is 16.8. The van der Waals surface area contributed by atoms with Gasteiger partial charge in [0.2, 0.25) is 5.91 Å². The lowest BCUT2D eigenvalue weighted by molar-refractivity contribution is -0.140. The minimum atomic E-state index is -5.37. The summed E-state index contributed by atoms with van der Waals surface area (Å²) in [4.78, 5) is 41.3. The molecule has 0 radical (unpaired) electrons. The molecule has 0 spiro atoms. The van der Waals surface area contributed by atoms with Crippen LogP contribution < -0.4 is 10.9 Å². The van der Waals surface area contributed by atoms with E-state index < -0.39 is 88.1 Å². The van der Waals surface area contributed by atoms with Crippen molar-refractivity contribution in [2.24, 2.45) is 5.92 Å². The van der Waals surface area contributed by atoms with Gasteiger partial charge >= 0.3 is 18.3 Å². The standard InChI is InChI=1S/C37H41F8N3O4/c1-19(2)12-28(48-18-23(8-6-9-47-10-7-11-47)25(16-29(48)49)36(40,41)42)35(52)46-27(17-30(50)51)32-33(38)24(15-26(34(32)39)37(43,44)45)31-21(4)13-20(3)14-22(31)5/h13-16,18-19,27-28H,6-12,17H2,1-5H3,(H,46,52)(H,50,51)/t27-,28-/m0/s1. The van der Waals surface area contributed by atoms with Crippen LogP contribution in [0, 0.1) is 38.3 Å². The van der Waals surface area contributed by atoms with Crippen LogP contribution in [0.4, 0.5) is 35.1 Å². The average molecular weight is 744 g/mol. The van der Waals surface area contributed by atoms with E-state index in [1.165, 1.54) is 13.8 Å². The molecule has 1 aromatic heterocycles. The Bertz CT molecular complexity index is 1860. The van der Waals surface area contributed by atoms with Gasteiger partial charge in [0.1, 0.15) is 17.7 Å². The second-order valence-electron chi connectivity index (χ2n) is 13.8. The molecule has 0 unspecified atom stereocenters. The predicted octanol–water partition coefficient (Wildman–Crippen LogP) is 8.31. The van der Waals surface area contributed by atoms with Crippen molar-refractivity contribution in [3.05, 3.63) is 91.4 Å². The second kappa shape index (κ2) is 15.8. The van der Waals surface area contributed by atoms with Crippen LogP contribution in [0.15, 0.2) is 35.3 Å². The molecule has 284 valence electrons. The van der Waals surface area contributed by atoms with Crippen molar-refractivity contribution in [1.29, 1.82) is 0 Å². The Morgan fingerprint density at radius 1 is 0.904 bits per heavy atom. The first-order chi connectivity index (χ1) is 24.1. The van der Waals surface area contributed by atoms with Crippen molar-refractivity contribution in [3.63, 3.8) is 0 Å². The molecule has 15 heteroatoms. The molecule has 2 atom stereocenters. The SMILES string of the molecule is Cc1cc(C)c(-c2cc(C(F)(F)F)c(F)c([C@H](CC(=O)O)NC(=O)[C@H](CC(C)C)n3cc(CCCN4CCC4)c(C(F)(F)F)cc3=O)c2F)c(C)c1. The van der Waals surface area contributed by atoms with Crippen LogP contribution >= 0.6 is 0 Å². The van der Waals surface area contributed by atoms with Crippen molar-refractivity contribution < 1.29 is 49.8 Å². The zero-order chi connectivity index (χ0) is 38.9. The second-order valence-corrected chi connectivity index (χ2v) is 13.8. The lowest BCUT2D eigenvalue weighted by atomic mass is 9.88. The number of alkyl halides is 6. The van der Waals surface area contributed by atoms with E-state index in [0.29, 0.717) is 41.8 Å². The predicted molar refractivity (Wildman–Crippen MR) is 178 cm³/mol. The number of nitrogens with one attached hydrogen (secondary N) is 1. The van der Waals surface area contributed by atoms with E-state index in [2.05, 4.69) is 5.32 Å². The van der Waals surface area contributed by atoms with Crippen LogP contribution in [0.3, 0.4) is 0 Å². The maximum absolute atomic E-state index is 16.5. The molecule has 4 rings (SSSR count). The van der Waals surface area contributed by atoms with E-state index in [-0.39, 0.29) is 24.0 Å². The van der Waals surface area contributed by atoms with Crippen LogP contribution in [0.5, 0.6) is 0 Å². The summed E-state index contributed by atoms with van der Waals surface area (Å²) < 4.78 is 118. The van der Waals surface area contributed by atoms with E-state index in [0.717, 1.165) is 30.3 Å². The number of benzene rings is 2. The third-order valence-electron chi connectivity index (χ3n) is 9.20. The number of halogens is 8. The monoisotopic (exact) mass is 743 g/mol. The van der Waals surface area contributed by atoms with Crippen LogP contribution in [-0.4, -0.2) is 46.1 Å². The number of hydrogen-bond acceptors (Lipinski definition) is 4. The van der Waals surface area contributed by atoms with Crippen LogP contribution in [0.1, 0.15) is 90.6 Å². The maximum atomic E-state index is 16.5. The van der Waals surface area contributed by atoms with Crippen molar-refractivity contribution in [1.82, 2.24) is 14.8 Å². The molecule has 52 heavy (non-hydrogen) atoms. The molecule has 1 fully saturated rings. The highest BCUT2D eigenvalue weighted by Crippen LogP contribution is 2.42. The van der Waals surface area contributed by atoms with Gasteiger partial charge in [-0.3, -0.25) is 14.4 Å². The Morgan fingerprint density at radius 3 is 2.00 bits per heavy atom. The smallest absolute Gasteiger partial charge is 0.419 e. The van der Waals surface area contributed by atoms with Gasteiger partial charge in [-0.15, -0.1) is 0 Å². The summed E-state index contributed by atoms with van der Waals surface area (Å²) in [5, 5.41) is 11.9. The molecule has 1 aliphatic rings. The number of carboxylic acid groups (broad SMARTS) is 1. The summed E-state index contributed by atoms with van der Waals surface area (Å²) in [6.07, 6.45) is -9.68. The number of likely N-dealkylation sites (tertiary alicyclic amines) is 1. The summed E-state index contributed by atoms with van der Waals surface area (Å²) in [6.45, 7) is 10.1. The van der Waals surface area contributed by atoms with Gasteiger partial charge < -0.3 is 19.9 Å². The molecule has 1 aliphatic heterocycles. The average Bonchev–Trinajstić information content (AvgIpc) is 2.96. The minimum Gasteiger partial charge on any atom is -0.481 e. The first-order valence-electron chi connectivity index (χ1n) is 16.8. The number of hydrogen-bond donors (Lipinski definition) is 2. The molecule has 2 N–H and O–H groups in total. The van der Waals surface area contributed by atoms with Crippen molar-refractivity contribution in [2.45, 2.75) is 91.2 Å². The van der Waals surface area contributed by atoms with Gasteiger partial charge in [0, 0.05) is 23.4 Å². The molecule has 3 aromatic rings. The van der Waals surface area contributed by atoms with Crippen LogP contribution in [0.25, 0.3) is 11.1 Å². The number of carboxylic acids is 1. The number of nitrogens with zero attached hydrogens (tertiary/aromatic N) is 2. The fourth-order valence-electron chi connectivity index (χ4n) is 6.81. The Morgan fingerprint density at radius 2 is 1.50 bits per heavy atom. The lowest BCUT2D eigenvalue weighted by Gasteiger charge is -2.30. The van der Waals surface area contributed by atoms with Crippen molar-refractivity contribution in [3.8, 4) is 11.1 Å². The van der Waals surface area contributed by atoms with Crippen molar-refractivity contribution >= 4 is 11.9 Å². The van der Waals surface area contributed by atoms with Crippen LogP contribution in [0.2, 0.25) is 0 Å². The molecule has 0 bridgehead atoms. The van der Waals surface area contributed by atoms with Gasteiger partial charge in [0.25, 0.3) is 5.56 Å².